The summed E-state index contributed by atoms with van der Waals surface area (Å²) in [5.74, 6) is -0.661. The molecule has 0 spiro atoms. The van der Waals surface area contributed by atoms with E-state index in [1.54, 1.807) is 6.08 Å². The Morgan fingerprint density at radius 1 is 1.25 bits per heavy atom. The molecule has 1 aromatic heterocycles. The van der Waals surface area contributed by atoms with Gasteiger partial charge in [0.2, 0.25) is 5.78 Å². The minimum atomic E-state index is -0.423. The summed E-state index contributed by atoms with van der Waals surface area (Å²) in [4.78, 5) is 12.7. The largest absolute Gasteiger partial charge is 0.508 e. The number of fused-ring (bicyclic) bond motifs is 2. The quantitative estimate of drug-likeness (QED) is 0.525. The predicted octanol–water partition coefficient (Wildman–Crippen LogP) is 4.28. The lowest BCUT2D eigenvalue weighted by atomic mass is 10.1. The number of phenolic OH excluding ortho intramolecular Hbond substituents is 2. The van der Waals surface area contributed by atoms with Crippen molar-refractivity contribution >= 4 is 22.8 Å². The molecule has 0 unspecified atom stereocenters. The summed E-state index contributed by atoms with van der Waals surface area (Å²) in [7, 11) is 0. The molecular formula is C22H18N2O4. The number of allylic oxidation sites excluding steroid dienone is 1. The van der Waals surface area contributed by atoms with Gasteiger partial charge in [0.1, 0.15) is 22.8 Å². The van der Waals surface area contributed by atoms with Gasteiger partial charge in [0, 0.05) is 47.3 Å². The third-order valence-corrected chi connectivity index (χ3v) is 4.96. The Balaban J connectivity index is 1.81. The van der Waals surface area contributed by atoms with E-state index in [1.165, 1.54) is 6.07 Å². The molecular weight excluding hydrogens is 356 g/mol. The van der Waals surface area contributed by atoms with Gasteiger partial charge in [-0.05, 0) is 25.5 Å². The molecule has 0 bridgehead atoms. The van der Waals surface area contributed by atoms with Crippen molar-refractivity contribution in [3.63, 3.8) is 0 Å². The number of Topliss-reactive ketones (excluding diaryl/α,β-unsaturated/α-hetero) is 1. The Labute approximate surface area is 161 Å². The van der Waals surface area contributed by atoms with E-state index in [4.69, 9.17) is 10.00 Å². The van der Waals surface area contributed by atoms with Crippen molar-refractivity contribution in [1.29, 1.82) is 5.26 Å². The summed E-state index contributed by atoms with van der Waals surface area (Å²) in [6.45, 7) is 2.67. The van der Waals surface area contributed by atoms with E-state index in [9.17, 15) is 15.0 Å². The maximum Gasteiger partial charge on any atom is 0.235 e. The van der Waals surface area contributed by atoms with Crippen LogP contribution in [0.25, 0.3) is 17.0 Å². The second-order valence-corrected chi connectivity index (χ2v) is 6.71. The molecule has 4 rings (SSSR count). The molecule has 0 amide bonds. The average molecular weight is 374 g/mol. The van der Waals surface area contributed by atoms with E-state index in [1.807, 2.05) is 31.2 Å². The van der Waals surface area contributed by atoms with Crippen LogP contribution in [-0.4, -0.2) is 20.6 Å². The van der Waals surface area contributed by atoms with E-state index in [-0.39, 0.29) is 28.6 Å². The highest BCUT2D eigenvalue weighted by molar-refractivity contribution is 6.17. The Morgan fingerprint density at radius 2 is 2.04 bits per heavy atom. The fourth-order valence-electron chi connectivity index (χ4n) is 3.65. The van der Waals surface area contributed by atoms with Gasteiger partial charge in [0.05, 0.1) is 6.07 Å². The van der Waals surface area contributed by atoms with Crippen molar-refractivity contribution in [2.45, 2.75) is 26.3 Å². The topological polar surface area (TPSA) is 95.5 Å². The fraction of sp³-hybridized carbons (Fsp3) is 0.182. The summed E-state index contributed by atoms with van der Waals surface area (Å²) in [5, 5.41) is 29.4. The molecule has 1 aliphatic heterocycles. The van der Waals surface area contributed by atoms with Gasteiger partial charge >= 0.3 is 0 Å². The van der Waals surface area contributed by atoms with Gasteiger partial charge in [-0.25, -0.2) is 0 Å². The van der Waals surface area contributed by atoms with Gasteiger partial charge in [-0.2, -0.15) is 5.26 Å². The number of rotatable bonds is 4. The number of hydrogen-bond acceptors (Lipinski definition) is 5. The van der Waals surface area contributed by atoms with Crippen molar-refractivity contribution in [2.75, 3.05) is 0 Å². The maximum atomic E-state index is 12.7. The standard InChI is InChI=1S/C22H18N2O4/c1-13-16(15-6-2-3-7-17(15)24(13)9-5-4-8-23)12-20-22(27)21-18(26)10-14(25)11-19(21)28-20/h2-3,6-7,10-12,25-26H,4-5,9H2,1H3/b20-12+. The number of nitrogens with zero attached hydrogens (tertiary/aromatic N) is 2. The molecule has 0 atom stereocenters. The van der Waals surface area contributed by atoms with Gasteiger partial charge in [-0.3, -0.25) is 4.79 Å². The summed E-state index contributed by atoms with van der Waals surface area (Å²) >= 11 is 0. The van der Waals surface area contributed by atoms with Crippen LogP contribution < -0.4 is 4.74 Å². The first-order valence-electron chi connectivity index (χ1n) is 8.96. The number of nitriles is 1. The number of ketones is 1. The normalized spacial score (nSPS) is 14.3. The van der Waals surface area contributed by atoms with Gasteiger partial charge in [-0.15, -0.1) is 0 Å². The zero-order chi connectivity index (χ0) is 19.8. The van der Waals surface area contributed by atoms with Crippen LogP contribution in [0.5, 0.6) is 17.2 Å². The summed E-state index contributed by atoms with van der Waals surface area (Å²) < 4.78 is 7.77. The minimum Gasteiger partial charge on any atom is -0.508 e. The number of aromatic nitrogens is 1. The molecule has 0 saturated heterocycles. The molecule has 6 nitrogen and oxygen atoms in total. The molecule has 140 valence electrons. The lowest BCUT2D eigenvalue weighted by Gasteiger charge is -2.06. The molecule has 0 fully saturated rings. The highest BCUT2D eigenvalue weighted by Gasteiger charge is 2.31. The summed E-state index contributed by atoms with van der Waals surface area (Å²) in [6.07, 6.45) is 2.89. The molecule has 6 heteroatoms. The van der Waals surface area contributed by atoms with Crippen molar-refractivity contribution < 1.29 is 19.7 Å². The molecule has 2 aromatic carbocycles. The molecule has 1 aliphatic rings. The first-order valence-corrected chi connectivity index (χ1v) is 8.96. The van der Waals surface area contributed by atoms with Crippen molar-refractivity contribution in [3.05, 3.63) is 59.0 Å². The minimum absolute atomic E-state index is 0.0551. The molecule has 28 heavy (non-hydrogen) atoms. The van der Waals surface area contributed by atoms with Gasteiger partial charge in [-0.1, -0.05) is 18.2 Å². The second-order valence-electron chi connectivity index (χ2n) is 6.71. The zero-order valence-corrected chi connectivity index (χ0v) is 15.3. The van der Waals surface area contributed by atoms with E-state index in [0.29, 0.717) is 13.0 Å². The van der Waals surface area contributed by atoms with Gasteiger partial charge < -0.3 is 19.5 Å². The number of para-hydroxylation sites is 1. The summed E-state index contributed by atoms with van der Waals surface area (Å²) in [5.41, 5.74) is 2.89. The number of ether oxygens (including phenoxy) is 1. The van der Waals surface area contributed by atoms with Crippen LogP contribution in [0.15, 0.2) is 42.2 Å². The molecule has 0 radical (unpaired) electrons. The van der Waals surface area contributed by atoms with E-state index >= 15 is 0 Å². The number of carbonyl (C=O) groups is 1. The van der Waals surface area contributed by atoms with Crippen molar-refractivity contribution in [3.8, 4) is 23.3 Å². The van der Waals surface area contributed by atoms with Crippen LogP contribution in [-0.2, 0) is 6.54 Å². The van der Waals surface area contributed by atoms with Crippen LogP contribution >= 0.6 is 0 Å². The Morgan fingerprint density at radius 3 is 2.82 bits per heavy atom. The van der Waals surface area contributed by atoms with Gasteiger partial charge in [0.25, 0.3) is 0 Å². The monoisotopic (exact) mass is 374 g/mol. The highest BCUT2D eigenvalue weighted by atomic mass is 16.5. The predicted molar refractivity (Wildman–Crippen MR) is 104 cm³/mol. The summed E-state index contributed by atoms with van der Waals surface area (Å²) in [6, 6.07) is 12.5. The average Bonchev–Trinajstić information content (AvgIpc) is 3.11. The molecule has 0 saturated carbocycles. The third kappa shape index (κ3) is 2.78. The van der Waals surface area contributed by atoms with Crippen molar-refractivity contribution in [1.82, 2.24) is 4.57 Å². The molecule has 2 heterocycles. The van der Waals surface area contributed by atoms with E-state index < -0.39 is 5.78 Å². The number of hydrogen-bond donors (Lipinski definition) is 2. The van der Waals surface area contributed by atoms with Crippen molar-refractivity contribution in [2.24, 2.45) is 0 Å². The number of carbonyl (C=O) groups excluding carboxylic acids is 1. The Bertz CT molecular complexity index is 1180. The van der Waals surface area contributed by atoms with Gasteiger partial charge in [0.15, 0.2) is 5.76 Å². The second kappa shape index (κ2) is 6.78. The lowest BCUT2D eigenvalue weighted by Crippen LogP contribution is -2.01. The number of benzene rings is 2. The molecule has 0 aliphatic carbocycles. The first kappa shape index (κ1) is 17.7. The lowest BCUT2D eigenvalue weighted by molar-refractivity contribution is 0.101. The van der Waals surface area contributed by atoms with Crippen LogP contribution in [0.2, 0.25) is 0 Å². The number of unbranched alkanes of at least 4 members (excludes halogenated alkanes) is 1. The number of aromatic hydroxyl groups is 2. The van der Waals surface area contributed by atoms with E-state index in [2.05, 4.69) is 10.6 Å². The van der Waals surface area contributed by atoms with Crippen LogP contribution in [0.1, 0.15) is 34.5 Å². The fourth-order valence-corrected chi connectivity index (χ4v) is 3.65. The maximum absolute atomic E-state index is 12.7. The van der Waals surface area contributed by atoms with Crippen LogP contribution in [0, 0.1) is 18.3 Å². The Kier molecular flexibility index (Phi) is 4.28. The number of phenols is 2. The van der Waals surface area contributed by atoms with Crippen LogP contribution in [0.3, 0.4) is 0 Å². The molecule has 3 aromatic rings. The first-order chi connectivity index (χ1) is 13.5. The Hall–Kier alpha value is -3.72. The highest BCUT2D eigenvalue weighted by Crippen LogP contribution is 2.41. The smallest absolute Gasteiger partial charge is 0.235 e. The van der Waals surface area contributed by atoms with Crippen LogP contribution in [0.4, 0.5) is 0 Å². The number of aryl methyl sites for hydroxylation is 1. The molecule has 2 N–H and O–H groups in total. The third-order valence-electron chi connectivity index (χ3n) is 4.96. The SMILES string of the molecule is Cc1c(/C=C2/Oc3cc(O)cc(O)c3C2=O)c2ccccc2n1CCCC#N. The zero-order valence-electron chi connectivity index (χ0n) is 15.3. The van der Waals surface area contributed by atoms with E-state index in [0.717, 1.165) is 34.6 Å².